The number of halogens is 3. The standard InChI is InChI=1S/C22H21F3N2O3/c23-22(24,25)14-6-7-16-13(3-2-8-30-20(16)10-14)9-21(29)27-19-5-1-4-18-17(19)11-15(28)12-26-18/h1,4-7,9-10,15,26,28H,2-3,8,11-12H2,(H,27,29). The van der Waals surface area contributed by atoms with Gasteiger partial charge in [0.2, 0.25) is 5.91 Å². The number of fused-ring (bicyclic) bond motifs is 2. The van der Waals surface area contributed by atoms with Gasteiger partial charge >= 0.3 is 6.18 Å². The van der Waals surface area contributed by atoms with Gasteiger partial charge < -0.3 is 20.5 Å². The second kappa shape index (κ2) is 8.02. The Labute approximate surface area is 171 Å². The maximum Gasteiger partial charge on any atom is 0.416 e. The number of aliphatic hydroxyl groups excluding tert-OH is 1. The first-order chi connectivity index (χ1) is 14.3. The fourth-order valence-corrected chi connectivity index (χ4v) is 3.76. The molecule has 30 heavy (non-hydrogen) atoms. The van der Waals surface area contributed by atoms with E-state index in [1.165, 1.54) is 12.1 Å². The summed E-state index contributed by atoms with van der Waals surface area (Å²) in [7, 11) is 0. The number of β-amino-alcohol motifs (C(OH)–C–C–N with tert-alkyl or cyclic N) is 1. The summed E-state index contributed by atoms with van der Waals surface area (Å²) in [5.41, 5.74) is 2.60. The van der Waals surface area contributed by atoms with Crippen LogP contribution in [0.4, 0.5) is 24.5 Å². The number of carbonyl (C=O) groups is 1. The molecule has 2 aliphatic rings. The Bertz CT molecular complexity index is 1000. The molecule has 0 bridgehead atoms. The summed E-state index contributed by atoms with van der Waals surface area (Å²) < 4.78 is 44.5. The highest BCUT2D eigenvalue weighted by atomic mass is 19.4. The van der Waals surface area contributed by atoms with Gasteiger partial charge in [-0.1, -0.05) is 12.1 Å². The van der Waals surface area contributed by atoms with Crippen molar-refractivity contribution in [3.8, 4) is 5.75 Å². The van der Waals surface area contributed by atoms with Crippen LogP contribution in [0.15, 0.2) is 42.5 Å². The van der Waals surface area contributed by atoms with Crippen molar-refractivity contribution in [2.24, 2.45) is 0 Å². The maximum atomic E-state index is 13.0. The molecule has 3 N–H and O–H groups in total. The molecule has 0 aliphatic carbocycles. The molecule has 1 atom stereocenters. The van der Waals surface area contributed by atoms with Crippen molar-refractivity contribution in [2.75, 3.05) is 23.8 Å². The van der Waals surface area contributed by atoms with E-state index in [4.69, 9.17) is 4.74 Å². The van der Waals surface area contributed by atoms with Gasteiger partial charge in [0.05, 0.1) is 18.3 Å². The number of anilines is 2. The minimum Gasteiger partial charge on any atom is -0.493 e. The van der Waals surface area contributed by atoms with Crippen molar-refractivity contribution >= 4 is 22.9 Å². The summed E-state index contributed by atoms with van der Waals surface area (Å²) in [5, 5.41) is 15.9. The summed E-state index contributed by atoms with van der Waals surface area (Å²) in [6.45, 7) is 0.730. The van der Waals surface area contributed by atoms with E-state index in [1.807, 2.05) is 6.07 Å². The summed E-state index contributed by atoms with van der Waals surface area (Å²) in [4.78, 5) is 12.7. The molecular weight excluding hydrogens is 397 g/mol. The summed E-state index contributed by atoms with van der Waals surface area (Å²) in [6, 6.07) is 8.78. The van der Waals surface area contributed by atoms with E-state index in [0.29, 0.717) is 42.6 Å². The monoisotopic (exact) mass is 418 g/mol. The lowest BCUT2D eigenvalue weighted by Crippen LogP contribution is -2.28. The van der Waals surface area contributed by atoms with Crippen LogP contribution in [-0.4, -0.2) is 30.3 Å². The number of ether oxygens (including phenoxy) is 1. The van der Waals surface area contributed by atoms with Crippen molar-refractivity contribution in [3.63, 3.8) is 0 Å². The van der Waals surface area contributed by atoms with Crippen LogP contribution in [0.1, 0.15) is 29.5 Å². The number of hydrogen-bond donors (Lipinski definition) is 3. The second-order valence-electron chi connectivity index (χ2n) is 7.39. The Morgan fingerprint density at radius 1 is 1.27 bits per heavy atom. The van der Waals surface area contributed by atoms with E-state index in [2.05, 4.69) is 10.6 Å². The largest absolute Gasteiger partial charge is 0.493 e. The molecule has 1 unspecified atom stereocenters. The van der Waals surface area contributed by atoms with E-state index in [0.717, 1.165) is 23.4 Å². The zero-order chi connectivity index (χ0) is 21.3. The van der Waals surface area contributed by atoms with Crippen LogP contribution in [0.25, 0.3) is 5.57 Å². The fraction of sp³-hybridized carbons (Fsp3) is 0.318. The highest BCUT2D eigenvalue weighted by Gasteiger charge is 2.32. The quantitative estimate of drug-likeness (QED) is 0.639. The number of aliphatic hydroxyl groups is 1. The van der Waals surface area contributed by atoms with Crippen LogP contribution in [-0.2, 0) is 17.4 Å². The van der Waals surface area contributed by atoms with Gasteiger partial charge in [-0.2, -0.15) is 13.2 Å². The number of alkyl halides is 3. The number of rotatable bonds is 2. The van der Waals surface area contributed by atoms with Crippen LogP contribution < -0.4 is 15.4 Å². The predicted molar refractivity (Wildman–Crippen MR) is 107 cm³/mol. The van der Waals surface area contributed by atoms with Gasteiger partial charge in [-0.15, -0.1) is 0 Å². The number of allylic oxidation sites excluding steroid dienone is 1. The van der Waals surface area contributed by atoms with Crippen molar-refractivity contribution in [3.05, 3.63) is 59.2 Å². The minimum atomic E-state index is -4.46. The lowest BCUT2D eigenvalue weighted by molar-refractivity contribution is -0.137. The molecule has 0 aromatic heterocycles. The molecule has 0 saturated carbocycles. The van der Waals surface area contributed by atoms with E-state index in [-0.39, 0.29) is 18.3 Å². The lowest BCUT2D eigenvalue weighted by atomic mass is 9.98. The molecular formula is C22H21F3N2O3. The summed E-state index contributed by atoms with van der Waals surface area (Å²) in [6.07, 6.45) is -2.07. The van der Waals surface area contributed by atoms with Gasteiger partial charge in [0.15, 0.2) is 0 Å². The molecule has 2 aromatic rings. The molecule has 0 fully saturated rings. The molecule has 0 saturated heterocycles. The van der Waals surface area contributed by atoms with Crippen LogP contribution in [0, 0.1) is 0 Å². The first-order valence-corrected chi connectivity index (χ1v) is 9.71. The molecule has 2 aromatic carbocycles. The van der Waals surface area contributed by atoms with Crippen LogP contribution >= 0.6 is 0 Å². The molecule has 1 amide bonds. The topological polar surface area (TPSA) is 70.6 Å². The Morgan fingerprint density at radius 2 is 2.10 bits per heavy atom. The van der Waals surface area contributed by atoms with Gasteiger partial charge in [0.1, 0.15) is 5.75 Å². The third kappa shape index (κ3) is 4.28. The molecule has 8 heteroatoms. The smallest absolute Gasteiger partial charge is 0.416 e. The van der Waals surface area contributed by atoms with Gasteiger partial charge in [-0.05, 0) is 42.7 Å². The average molecular weight is 418 g/mol. The number of nitrogens with one attached hydrogen (secondary N) is 2. The SMILES string of the molecule is O=C(C=C1CCCOc2cc(C(F)(F)F)ccc21)Nc1cccc2c1CC(O)CN2. The molecule has 2 aliphatic heterocycles. The Balaban J connectivity index is 1.61. The number of amides is 1. The first-order valence-electron chi connectivity index (χ1n) is 9.71. The molecule has 0 spiro atoms. The Hall–Kier alpha value is -3.00. The zero-order valence-corrected chi connectivity index (χ0v) is 16.1. The second-order valence-corrected chi connectivity index (χ2v) is 7.39. The van der Waals surface area contributed by atoms with Gasteiger partial charge in [-0.25, -0.2) is 0 Å². The number of carbonyl (C=O) groups excluding carboxylic acids is 1. The lowest BCUT2D eigenvalue weighted by Gasteiger charge is -2.24. The summed E-state index contributed by atoms with van der Waals surface area (Å²) >= 11 is 0. The average Bonchev–Trinajstić information content (AvgIpc) is 2.89. The van der Waals surface area contributed by atoms with Gasteiger partial charge in [0, 0.05) is 41.5 Å². The predicted octanol–water partition coefficient (Wildman–Crippen LogP) is 4.23. The zero-order valence-electron chi connectivity index (χ0n) is 16.1. The summed E-state index contributed by atoms with van der Waals surface area (Å²) in [5.74, 6) is -0.253. The van der Waals surface area contributed by atoms with Crippen LogP contribution in [0.5, 0.6) is 5.75 Å². The maximum absolute atomic E-state index is 13.0. The highest BCUT2D eigenvalue weighted by molar-refractivity contribution is 6.05. The van der Waals surface area contributed by atoms with E-state index in [1.54, 1.807) is 12.1 Å². The van der Waals surface area contributed by atoms with E-state index in [9.17, 15) is 23.1 Å². The molecule has 0 radical (unpaired) electrons. The van der Waals surface area contributed by atoms with E-state index >= 15 is 0 Å². The number of hydrogen-bond acceptors (Lipinski definition) is 4. The van der Waals surface area contributed by atoms with Crippen molar-refractivity contribution in [1.29, 1.82) is 0 Å². The molecule has 2 heterocycles. The fourth-order valence-electron chi connectivity index (χ4n) is 3.76. The van der Waals surface area contributed by atoms with E-state index < -0.39 is 17.8 Å². The normalized spacial score (nSPS) is 19.7. The Morgan fingerprint density at radius 3 is 2.90 bits per heavy atom. The van der Waals surface area contributed by atoms with Gasteiger partial charge in [-0.3, -0.25) is 4.79 Å². The molecule has 5 nitrogen and oxygen atoms in total. The third-order valence-corrected chi connectivity index (χ3v) is 5.21. The van der Waals surface area contributed by atoms with Gasteiger partial charge in [0.25, 0.3) is 0 Å². The first kappa shape index (κ1) is 20.3. The Kier molecular flexibility index (Phi) is 5.42. The van der Waals surface area contributed by atoms with Crippen LogP contribution in [0.2, 0.25) is 0 Å². The highest BCUT2D eigenvalue weighted by Crippen LogP contribution is 2.38. The molecule has 4 rings (SSSR count). The minimum absolute atomic E-state index is 0.130. The third-order valence-electron chi connectivity index (χ3n) is 5.21. The van der Waals surface area contributed by atoms with Crippen molar-refractivity contribution in [1.82, 2.24) is 0 Å². The van der Waals surface area contributed by atoms with Crippen molar-refractivity contribution in [2.45, 2.75) is 31.5 Å². The van der Waals surface area contributed by atoms with Crippen molar-refractivity contribution < 1.29 is 27.8 Å². The number of benzene rings is 2. The molecule has 158 valence electrons. The van der Waals surface area contributed by atoms with Crippen LogP contribution in [0.3, 0.4) is 0 Å².